The molecule has 96 valence electrons. The van der Waals surface area contributed by atoms with Crippen LogP contribution in [-0.4, -0.2) is 24.0 Å². The van der Waals surface area contributed by atoms with Crippen molar-refractivity contribution in [3.63, 3.8) is 0 Å². The van der Waals surface area contributed by atoms with E-state index in [9.17, 15) is 0 Å². The van der Waals surface area contributed by atoms with Gasteiger partial charge in [-0.1, -0.05) is 24.8 Å². The number of allylic oxidation sites excluding steroid dienone is 7. The second kappa shape index (κ2) is 7.29. The van der Waals surface area contributed by atoms with Crippen LogP contribution in [0.15, 0.2) is 65.1 Å². The molecule has 0 saturated heterocycles. The second-order valence-corrected chi connectivity index (χ2v) is 3.68. The molecule has 0 atom stereocenters. The number of hydrogen-bond acceptors (Lipinski definition) is 4. The molecule has 4 nitrogen and oxygen atoms in total. The lowest BCUT2D eigenvalue weighted by molar-refractivity contribution is 0.297. The minimum atomic E-state index is 0.0330. The van der Waals surface area contributed by atoms with Crippen molar-refractivity contribution in [1.82, 2.24) is 5.32 Å². The fourth-order valence-corrected chi connectivity index (χ4v) is 1.47. The number of aliphatic hydroxyl groups is 1. The minimum absolute atomic E-state index is 0.0330. The first-order valence-corrected chi connectivity index (χ1v) is 5.79. The number of nitrogens with zero attached hydrogens (tertiary/aromatic N) is 1. The van der Waals surface area contributed by atoms with Crippen molar-refractivity contribution < 1.29 is 5.11 Å². The van der Waals surface area contributed by atoms with Crippen molar-refractivity contribution in [2.24, 2.45) is 10.7 Å². The highest BCUT2D eigenvalue weighted by atomic mass is 16.3. The molecular weight excluding hydrogens is 226 g/mol. The highest BCUT2D eigenvalue weighted by molar-refractivity contribution is 6.12. The van der Waals surface area contributed by atoms with E-state index in [1.54, 1.807) is 0 Å². The Morgan fingerprint density at radius 3 is 2.89 bits per heavy atom. The molecule has 0 aliphatic heterocycles. The summed E-state index contributed by atoms with van der Waals surface area (Å²) in [6, 6.07) is 0. The van der Waals surface area contributed by atoms with Crippen LogP contribution in [0.25, 0.3) is 0 Å². The molecule has 1 rings (SSSR count). The van der Waals surface area contributed by atoms with Crippen LogP contribution in [0.4, 0.5) is 0 Å². The molecule has 18 heavy (non-hydrogen) atoms. The highest BCUT2D eigenvalue weighted by Gasteiger charge is 2.08. The maximum atomic E-state index is 8.77. The first-order chi connectivity index (χ1) is 8.69. The third-order valence-electron chi connectivity index (χ3n) is 2.24. The van der Waals surface area contributed by atoms with Crippen LogP contribution in [0.5, 0.6) is 0 Å². The zero-order chi connectivity index (χ0) is 13.4. The third-order valence-corrected chi connectivity index (χ3v) is 2.24. The molecule has 0 aromatic heterocycles. The van der Waals surface area contributed by atoms with Crippen LogP contribution < -0.4 is 11.1 Å². The van der Waals surface area contributed by atoms with E-state index in [0.717, 1.165) is 11.3 Å². The number of rotatable bonds is 5. The van der Waals surface area contributed by atoms with E-state index in [0.29, 0.717) is 18.1 Å². The van der Waals surface area contributed by atoms with E-state index < -0.39 is 0 Å². The summed E-state index contributed by atoms with van der Waals surface area (Å²) in [5.74, 6) is 0.497. The minimum Gasteiger partial charge on any atom is -0.395 e. The number of hydrogen-bond donors (Lipinski definition) is 3. The molecule has 0 bridgehead atoms. The van der Waals surface area contributed by atoms with Crippen LogP contribution >= 0.6 is 0 Å². The summed E-state index contributed by atoms with van der Waals surface area (Å²) in [7, 11) is 0. The average Bonchev–Trinajstić information content (AvgIpc) is 2.37. The normalized spacial score (nSPS) is 19.6. The van der Waals surface area contributed by atoms with Gasteiger partial charge in [0.1, 0.15) is 5.82 Å². The maximum absolute atomic E-state index is 8.77. The lowest BCUT2D eigenvalue weighted by Gasteiger charge is -2.12. The van der Waals surface area contributed by atoms with Crippen molar-refractivity contribution in [1.29, 1.82) is 0 Å². The second-order valence-electron chi connectivity index (χ2n) is 3.68. The molecule has 0 unspecified atom stereocenters. The van der Waals surface area contributed by atoms with Gasteiger partial charge in [0.15, 0.2) is 0 Å². The van der Waals surface area contributed by atoms with Gasteiger partial charge in [0.2, 0.25) is 0 Å². The molecule has 4 heteroatoms. The molecule has 1 aliphatic rings. The summed E-state index contributed by atoms with van der Waals surface area (Å²) in [6.07, 6.45) is 11.2. The predicted octanol–water partition coefficient (Wildman–Crippen LogP) is 1.40. The molecule has 0 saturated carbocycles. The summed E-state index contributed by atoms with van der Waals surface area (Å²) in [6.45, 7) is 6.20. The quantitative estimate of drug-likeness (QED) is 0.641. The Balaban J connectivity index is 2.98. The van der Waals surface area contributed by atoms with Crippen LogP contribution in [0.3, 0.4) is 0 Å². The average molecular weight is 245 g/mol. The Hall–Kier alpha value is -2.07. The molecule has 0 fully saturated rings. The number of aliphatic imine (C=N–C) groups is 1. The fraction of sp³-hybridized carbons (Fsp3) is 0.214. The molecule has 1 aliphatic carbocycles. The van der Waals surface area contributed by atoms with Gasteiger partial charge in [0, 0.05) is 12.1 Å². The van der Waals surface area contributed by atoms with Crippen molar-refractivity contribution in [3.05, 3.63) is 60.1 Å². The van der Waals surface area contributed by atoms with Crippen molar-refractivity contribution in [3.8, 4) is 0 Å². The zero-order valence-electron chi connectivity index (χ0n) is 10.6. The zero-order valence-corrected chi connectivity index (χ0v) is 10.6. The van der Waals surface area contributed by atoms with Crippen LogP contribution in [0, 0.1) is 0 Å². The fourth-order valence-electron chi connectivity index (χ4n) is 1.47. The Labute approximate surface area is 108 Å². The molecular formula is C14H19N3O. The topological polar surface area (TPSA) is 70.6 Å². The maximum Gasteiger partial charge on any atom is 0.106 e. The van der Waals surface area contributed by atoms with Gasteiger partial charge in [-0.25, -0.2) is 4.99 Å². The van der Waals surface area contributed by atoms with Crippen LogP contribution in [-0.2, 0) is 0 Å². The highest BCUT2D eigenvalue weighted by Crippen LogP contribution is 2.12. The number of nitrogens with two attached hydrogens (primary N) is 1. The molecule has 0 aromatic rings. The number of nitrogens with one attached hydrogen (secondary N) is 1. The predicted molar refractivity (Wildman–Crippen MR) is 76.0 cm³/mol. The summed E-state index contributed by atoms with van der Waals surface area (Å²) in [5.41, 5.74) is 8.14. The molecule has 0 amide bonds. The first kappa shape index (κ1) is 14.0. The molecule has 0 heterocycles. The van der Waals surface area contributed by atoms with E-state index in [1.807, 2.05) is 43.4 Å². The van der Waals surface area contributed by atoms with E-state index in [1.165, 1.54) is 0 Å². The molecule has 4 N–H and O–H groups in total. The summed E-state index contributed by atoms with van der Waals surface area (Å²) >= 11 is 0. The smallest absolute Gasteiger partial charge is 0.106 e. The molecule has 0 radical (unpaired) electrons. The lowest BCUT2D eigenvalue weighted by atomic mass is 10.1. The van der Waals surface area contributed by atoms with Gasteiger partial charge in [-0.3, -0.25) is 0 Å². The molecule has 0 aromatic carbocycles. The van der Waals surface area contributed by atoms with Gasteiger partial charge in [-0.05, 0) is 25.2 Å². The Morgan fingerprint density at radius 2 is 2.22 bits per heavy atom. The van der Waals surface area contributed by atoms with Crippen molar-refractivity contribution >= 4 is 5.71 Å². The van der Waals surface area contributed by atoms with Crippen molar-refractivity contribution in [2.75, 3.05) is 13.2 Å². The monoisotopic (exact) mass is 245 g/mol. The van der Waals surface area contributed by atoms with Crippen LogP contribution in [0.2, 0.25) is 0 Å². The Kier molecular flexibility index (Phi) is 5.67. The van der Waals surface area contributed by atoms with Crippen molar-refractivity contribution in [2.45, 2.75) is 6.92 Å². The van der Waals surface area contributed by atoms with E-state index in [-0.39, 0.29) is 6.61 Å². The Morgan fingerprint density at radius 1 is 1.50 bits per heavy atom. The molecule has 0 spiro atoms. The van der Waals surface area contributed by atoms with Gasteiger partial charge in [0.25, 0.3) is 0 Å². The largest absolute Gasteiger partial charge is 0.395 e. The van der Waals surface area contributed by atoms with E-state index >= 15 is 0 Å². The SMILES string of the molecule is C=C(/C=C/C)/N=C1/C=CC=C/C1=C(/N)NCCO. The lowest BCUT2D eigenvalue weighted by Crippen LogP contribution is -2.26. The summed E-state index contributed by atoms with van der Waals surface area (Å²) in [5, 5.41) is 11.7. The van der Waals surface area contributed by atoms with Gasteiger partial charge in [-0.15, -0.1) is 0 Å². The Bertz CT molecular complexity index is 454. The number of aliphatic hydroxyl groups excluding tert-OH is 1. The van der Waals surface area contributed by atoms with Gasteiger partial charge in [0.05, 0.1) is 18.0 Å². The van der Waals surface area contributed by atoms with E-state index in [2.05, 4.69) is 16.9 Å². The van der Waals surface area contributed by atoms with E-state index in [4.69, 9.17) is 10.8 Å². The summed E-state index contributed by atoms with van der Waals surface area (Å²) in [4.78, 5) is 4.39. The summed E-state index contributed by atoms with van der Waals surface area (Å²) < 4.78 is 0. The van der Waals surface area contributed by atoms with Gasteiger partial charge < -0.3 is 16.2 Å². The first-order valence-electron chi connectivity index (χ1n) is 5.79. The van der Waals surface area contributed by atoms with Gasteiger partial charge >= 0.3 is 0 Å². The standard InChI is InChI=1S/C14H19N3O/c1-3-6-11(2)17-13-8-5-4-7-12(13)14(15)16-9-10-18/h3-8,16,18H,2,9-10,15H2,1H3/b6-3+,14-12+,17-13-. The van der Waals surface area contributed by atoms with Crippen LogP contribution in [0.1, 0.15) is 6.92 Å². The van der Waals surface area contributed by atoms with Gasteiger partial charge in [-0.2, -0.15) is 0 Å². The third kappa shape index (κ3) is 4.07.